The van der Waals surface area contributed by atoms with Gasteiger partial charge in [-0.15, -0.1) is 0 Å². The second-order valence-electron chi connectivity index (χ2n) is 8.73. The molecule has 0 amide bonds. The average Bonchev–Trinajstić information content (AvgIpc) is 2.55. The summed E-state index contributed by atoms with van der Waals surface area (Å²) in [4.78, 5) is 0. The van der Waals surface area contributed by atoms with Crippen molar-refractivity contribution in [1.29, 1.82) is 0 Å². The highest BCUT2D eigenvalue weighted by Crippen LogP contribution is 2.50. The summed E-state index contributed by atoms with van der Waals surface area (Å²) in [6, 6.07) is 23.0. The van der Waals surface area contributed by atoms with Crippen molar-refractivity contribution < 1.29 is 0 Å². The molecule has 0 saturated heterocycles. The number of benzene rings is 2. The Morgan fingerprint density at radius 3 is 1.08 bits per heavy atom. The van der Waals surface area contributed by atoms with Gasteiger partial charge in [-0.2, -0.15) is 0 Å². The summed E-state index contributed by atoms with van der Waals surface area (Å²) >= 11 is 0. The summed E-state index contributed by atoms with van der Waals surface area (Å²) in [5.74, 6) is 0. The highest BCUT2D eigenvalue weighted by Gasteiger charge is 2.61. The van der Waals surface area contributed by atoms with Crippen molar-refractivity contribution in [1.82, 2.24) is 0 Å². The molecule has 2 radical (unpaired) electrons. The molecule has 0 saturated carbocycles. The van der Waals surface area contributed by atoms with Gasteiger partial charge in [0.05, 0.1) is 16.1 Å². The molecule has 0 atom stereocenters. The highest BCUT2D eigenvalue weighted by molar-refractivity contribution is 7.28. The van der Waals surface area contributed by atoms with Crippen LogP contribution in [0.3, 0.4) is 0 Å². The zero-order chi connectivity index (χ0) is 18.9. The molecule has 0 aliphatic carbocycles. The number of hydrogen-bond donors (Lipinski definition) is 0. The minimum Gasteiger partial charge on any atom is -0.0715 e. The summed E-state index contributed by atoms with van der Waals surface area (Å²) in [6.45, 7) is 21.1. The van der Waals surface area contributed by atoms with Crippen LogP contribution in [0.1, 0.15) is 0 Å². The van der Waals surface area contributed by atoms with Gasteiger partial charge in [0.1, 0.15) is 0 Å². The fraction of sp³-hybridized carbons (Fsp3) is 0.429. The first-order valence-corrected chi connectivity index (χ1v) is 20.3. The third-order valence-corrected chi connectivity index (χ3v) is 36.9. The molecule has 0 spiro atoms. The molecule has 0 aliphatic rings. The Bertz CT molecular complexity index is 614. The van der Waals surface area contributed by atoms with Crippen LogP contribution < -0.4 is 10.4 Å². The quantitative estimate of drug-likeness (QED) is 0.595. The zero-order valence-electron chi connectivity index (χ0n) is 17.3. The Kier molecular flexibility index (Phi) is 6.19. The standard InChI is InChI=1S/C21H34Si4/c1-22(2)21(23(3)4,24(5,6)19-15-11-9-12-16-19)25(7,8)20-17-13-10-14-18-20/h9-18H,1-8H3. The van der Waals surface area contributed by atoms with E-state index in [0.717, 1.165) is 0 Å². The highest BCUT2D eigenvalue weighted by atomic mass is 28.5. The topological polar surface area (TPSA) is 0 Å². The van der Waals surface area contributed by atoms with Gasteiger partial charge in [-0.25, -0.2) is 0 Å². The zero-order valence-corrected chi connectivity index (χ0v) is 21.3. The van der Waals surface area contributed by atoms with Crippen LogP contribution in [-0.2, 0) is 0 Å². The van der Waals surface area contributed by atoms with Crippen molar-refractivity contribution in [3.05, 3.63) is 60.7 Å². The smallest absolute Gasteiger partial charge is 0.0715 e. The molecule has 0 heterocycles. The Morgan fingerprint density at radius 1 is 0.560 bits per heavy atom. The van der Waals surface area contributed by atoms with Gasteiger partial charge in [0.25, 0.3) is 0 Å². The van der Waals surface area contributed by atoms with E-state index >= 15 is 0 Å². The van der Waals surface area contributed by atoms with Gasteiger partial charge in [-0.05, 0) is 3.91 Å². The second kappa shape index (κ2) is 7.51. The van der Waals surface area contributed by atoms with Gasteiger partial charge in [0.15, 0.2) is 0 Å². The molecule has 0 aliphatic heterocycles. The van der Waals surface area contributed by atoms with Crippen LogP contribution in [0, 0.1) is 0 Å². The predicted octanol–water partition coefficient (Wildman–Crippen LogP) is 5.08. The molecule has 0 aromatic heterocycles. The Balaban J connectivity index is 2.80. The summed E-state index contributed by atoms with van der Waals surface area (Å²) in [6.07, 6.45) is 0. The van der Waals surface area contributed by atoms with E-state index in [4.69, 9.17) is 0 Å². The van der Waals surface area contributed by atoms with Crippen LogP contribution in [0.5, 0.6) is 0 Å². The molecule has 0 bridgehead atoms. The molecule has 134 valence electrons. The minimum absolute atomic E-state index is 0.471. The van der Waals surface area contributed by atoms with E-state index in [2.05, 4.69) is 113 Å². The molecule has 0 nitrogen and oxygen atoms in total. The summed E-state index contributed by atoms with van der Waals surface area (Å²) in [5, 5.41) is 3.31. The molecule has 4 heteroatoms. The first kappa shape index (κ1) is 20.6. The van der Waals surface area contributed by atoms with E-state index in [1.165, 1.54) is 0 Å². The van der Waals surface area contributed by atoms with E-state index in [0.29, 0.717) is 3.91 Å². The molecule has 0 fully saturated rings. The fourth-order valence-corrected chi connectivity index (χ4v) is 41.7. The van der Waals surface area contributed by atoms with E-state index in [-0.39, 0.29) is 0 Å². The maximum absolute atomic E-state index is 2.68. The summed E-state index contributed by atoms with van der Waals surface area (Å²) in [5.41, 5.74) is 0. The van der Waals surface area contributed by atoms with Crippen LogP contribution in [0.25, 0.3) is 0 Å². The van der Waals surface area contributed by atoms with Crippen LogP contribution in [0.2, 0.25) is 56.3 Å². The molecule has 0 unspecified atom stereocenters. The van der Waals surface area contributed by atoms with E-state index in [9.17, 15) is 0 Å². The number of hydrogen-bond acceptors (Lipinski definition) is 0. The maximum atomic E-state index is 2.68. The summed E-state index contributed by atoms with van der Waals surface area (Å²) in [7, 11) is -4.24. The SMILES string of the molecule is C[Si](C)C([Si](C)C)([Si](C)(C)c1ccccc1)[Si](C)(C)c1ccccc1. The third-order valence-electron chi connectivity index (χ3n) is 6.37. The van der Waals surface area contributed by atoms with Crippen molar-refractivity contribution in [2.45, 2.75) is 56.3 Å². The molecule has 25 heavy (non-hydrogen) atoms. The largest absolute Gasteiger partial charge is 0.0789 e. The molecule has 2 aromatic rings. The molecule has 2 aromatic carbocycles. The Morgan fingerprint density at radius 2 is 0.840 bits per heavy atom. The van der Waals surface area contributed by atoms with Crippen molar-refractivity contribution >= 4 is 44.1 Å². The molecule has 0 N–H and O–H groups in total. The second-order valence-corrected chi connectivity index (χ2v) is 26.4. The van der Waals surface area contributed by atoms with Gasteiger partial charge >= 0.3 is 0 Å². The van der Waals surface area contributed by atoms with E-state index in [1.807, 2.05) is 0 Å². The Hall–Kier alpha value is -0.692. The van der Waals surface area contributed by atoms with E-state index in [1.54, 1.807) is 10.4 Å². The normalized spacial score (nSPS) is 13.5. The van der Waals surface area contributed by atoms with Crippen molar-refractivity contribution in [3.8, 4) is 0 Å². The van der Waals surface area contributed by atoms with Crippen molar-refractivity contribution in [2.24, 2.45) is 0 Å². The first-order valence-electron chi connectivity index (χ1n) is 9.32. The van der Waals surface area contributed by atoms with Crippen molar-refractivity contribution in [2.75, 3.05) is 0 Å². The van der Waals surface area contributed by atoms with Crippen LogP contribution in [-0.4, -0.2) is 33.7 Å². The third kappa shape index (κ3) is 3.22. The first-order chi connectivity index (χ1) is 11.6. The van der Waals surface area contributed by atoms with E-state index < -0.39 is 33.7 Å². The number of rotatable bonds is 6. The van der Waals surface area contributed by atoms with Gasteiger partial charge in [-0.1, -0.05) is 123 Å². The van der Waals surface area contributed by atoms with Crippen molar-refractivity contribution in [3.63, 3.8) is 0 Å². The lowest BCUT2D eigenvalue weighted by atomic mass is 10.4. The average molecular weight is 399 g/mol. The van der Waals surface area contributed by atoms with Gasteiger partial charge in [0.2, 0.25) is 0 Å². The monoisotopic (exact) mass is 398 g/mol. The van der Waals surface area contributed by atoms with Crippen LogP contribution >= 0.6 is 0 Å². The molecular weight excluding hydrogens is 365 g/mol. The lowest BCUT2D eigenvalue weighted by Gasteiger charge is -2.59. The molecule has 2 rings (SSSR count). The summed E-state index contributed by atoms with van der Waals surface area (Å²) < 4.78 is 0.581. The van der Waals surface area contributed by atoms with Gasteiger partial charge in [0, 0.05) is 17.6 Å². The lowest BCUT2D eigenvalue weighted by Crippen LogP contribution is -2.75. The molecular formula is C21H34Si4. The van der Waals surface area contributed by atoms with Gasteiger partial charge in [-0.3, -0.25) is 0 Å². The maximum Gasteiger partial charge on any atom is 0.0789 e. The fourth-order valence-electron chi connectivity index (χ4n) is 5.92. The van der Waals surface area contributed by atoms with Gasteiger partial charge < -0.3 is 0 Å². The predicted molar refractivity (Wildman–Crippen MR) is 125 cm³/mol. The van der Waals surface area contributed by atoms with Crippen LogP contribution in [0.4, 0.5) is 0 Å². The Labute approximate surface area is 160 Å². The lowest BCUT2D eigenvalue weighted by molar-refractivity contribution is 1.27. The van der Waals surface area contributed by atoms with Crippen LogP contribution in [0.15, 0.2) is 60.7 Å². The minimum atomic E-state index is -1.65.